The number of aromatic carboxylic acids is 1. The highest BCUT2D eigenvalue weighted by molar-refractivity contribution is 5.88. The van der Waals surface area contributed by atoms with Crippen LogP contribution < -0.4 is 0 Å². The van der Waals surface area contributed by atoms with Crippen LogP contribution in [0.1, 0.15) is 89.6 Å². The number of aliphatic carboxylic acids is 1. The molecule has 1 aromatic rings. The predicted octanol–water partition coefficient (Wildman–Crippen LogP) is 7.00. The number of carboxylic acid groups (broad SMARTS) is 2. The van der Waals surface area contributed by atoms with Gasteiger partial charge in [0.1, 0.15) is 0 Å². The van der Waals surface area contributed by atoms with E-state index in [0.29, 0.717) is 17.4 Å². The Bertz CT molecular complexity index is 646. The molecule has 4 heteroatoms. The molecule has 2 atom stereocenters. The average molecular weight is 405 g/mol. The maximum Gasteiger partial charge on any atom is 0.335 e. The van der Waals surface area contributed by atoms with E-state index in [1.807, 2.05) is 18.2 Å². The molecule has 29 heavy (non-hydrogen) atoms. The van der Waals surface area contributed by atoms with E-state index in [1.165, 1.54) is 19.3 Å². The quantitative estimate of drug-likeness (QED) is 0.513. The summed E-state index contributed by atoms with van der Waals surface area (Å²) in [7, 11) is 0. The van der Waals surface area contributed by atoms with Crippen molar-refractivity contribution in [3.63, 3.8) is 0 Å². The van der Waals surface area contributed by atoms with Crippen LogP contribution in [-0.2, 0) is 4.79 Å². The second-order valence-corrected chi connectivity index (χ2v) is 8.57. The third-order valence-corrected chi connectivity index (χ3v) is 5.09. The molecular weight excluding hydrogens is 364 g/mol. The second-order valence-electron chi connectivity index (χ2n) is 8.57. The lowest BCUT2D eigenvalue weighted by Crippen LogP contribution is -2.22. The van der Waals surface area contributed by atoms with E-state index < -0.39 is 11.9 Å². The Morgan fingerprint density at radius 3 is 2.38 bits per heavy atom. The van der Waals surface area contributed by atoms with Gasteiger partial charge in [0, 0.05) is 0 Å². The van der Waals surface area contributed by atoms with Crippen LogP contribution in [0.5, 0.6) is 0 Å². The monoisotopic (exact) mass is 404 g/mol. The average Bonchev–Trinajstić information content (AvgIpc) is 2.65. The molecule has 1 aliphatic rings. The molecule has 0 aromatic heterocycles. The van der Waals surface area contributed by atoms with E-state index in [-0.39, 0.29) is 13.3 Å². The molecule has 0 spiro atoms. The summed E-state index contributed by atoms with van der Waals surface area (Å²) >= 11 is 0. The molecule has 0 saturated heterocycles. The van der Waals surface area contributed by atoms with Crippen molar-refractivity contribution in [1.29, 1.82) is 0 Å². The van der Waals surface area contributed by atoms with E-state index in [2.05, 4.69) is 27.7 Å². The van der Waals surface area contributed by atoms with E-state index in [1.54, 1.807) is 18.2 Å². The molecule has 164 valence electrons. The minimum Gasteiger partial charge on any atom is -0.481 e. The fourth-order valence-electron chi connectivity index (χ4n) is 3.43. The SMILES string of the molecule is C.CC(C)C=Cc1cccc(C(=O)O)c1.CC(C)CCC1CCCC(C(=O)O)C1. The van der Waals surface area contributed by atoms with Crippen molar-refractivity contribution in [1.82, 2.24) is 0 Å². The zero-order chi connectivity index (χ0) is 21.1. The molecule has 1 saturated carbocycles. The maximum absolute atomic E-state index is 10.8. The first-order valence-corrected chi connectivity index (χ1v) is 10.4. The summed E-state index contributed by atoms with van der Waals surface area (Å²) in [5.74, 6) is 0.376. The van der Waals surface area contributed by atoms with Gasteiger partial charge in [0.15, 0.2) is 0 Å². The van der Waals surface area contributed by atoms with Crippen LogP contribution >= 0.6 is 0 Å². The van der Waals surface area contributed by atoms with Crippen molar-refractivity contribution in [2.45, 2.75) is 73.6 Å². The summed E-state index contributed by atoms with van der Waals surface area (Å²) in [5, 5.41) is 17.7. The van der Waals surface area contributed by atoms with Gasteiger partial charge < -0.3 is 10.2 Å². The third-order valence-electron chi connectivity index (χ3n) is 5.09. The molecule has 0 radical (unpaired) electrons. The summed E-state index contributed by atoms with van der Waals surface area (Å²) < 4.78 is 0. The molecule has 2 unspecified atom stereocenters. The van der Waals surface area contributed by atoms with E-state index in [4.69, 9.17) is 10.2 Å². The molecule has 2 N–H and O–H groups in total. The first-order valence-electron chi connectivity index (χ1n) is 10.4. The Kier molecular flexibility index (Phi) is 13.0. The highest BCUT2D eigenvalue weighted by Crippen LogP contribution is 2.32. The van der Waals surface area contributed by atoms with Crippen molar-refractivity contribution in [2.75, 3.05) is 0 Å². The number of hydrogen-bond donors (Lipinski definition) is 2. The first-order chi connectivity index (χ1) is 13.2. The summed E-state index contributed by atoms with van der Waals surface area (Å²) in [6.45, 7) is 8.63. The summed E-state index contributed by atoms with van der Waals surface area (Å²) in [4.78, 5) is 21.5. The normalized spacial score (nSPS) is 18.8. The number of carboxylic acids is 2. The van der Waals surface area contributed by atoms with E-state index >= 15 is 0 Å². The zero-order valence-electron chi connectivity index (χ0n) is 17.7. The fourth-order valence-corrected chi connectivity index (χ4v) is 3.43. The molecule has 0 aliphatic heterocycles. The highest BCUT2D eigenvalue weighted by Gasteiger charge is 2.26. The molecule has 0 bridgehead atoms. The van der Waals surface area contributed by atoms with Gasteiger partial charge in [-0.3, -0.25) is 4.79 Å². The molecule has 1 fully saturated rings. The highest BCUT2D eigenvalue weighted by atomic mass is 16.4. The van der Waals surface area contributed by atoms with Crippen LogP contribution in [0, 0.1) is 23.7 Å². The van der Waals surface area contributed by atoms with E-state index in [0.717, 1.165) is 30.7 Å². The lowest BCUT2D eigenvalue weighted by molar-refractivity contribution is -0.143. The molecule has 2 rings (SSSR count). The molecule has 1 aromatic carbocycles. The van der Waals surface area contributed by atoms with Crippen molar-refractivity contribution in [3.8, 4) is 0 Å². The Labute approximate surface area is 177 Å². The summed E-state index contributed by atoms with van der Waals surface area (Å²) in [6.07, 6.45) is 10.6. The van der Waals surface area contributed by atoms with Gasteiger partial charge in [0.2, 0.25) is 0 Å². The van der Waals surface area contributed by atoms with Gasteiger partial charge in [-0.25, -0.2) is 4.79 Å². The zero-order valence-corrected chi connectivity index (χ0v) is 17.7. The first kappa shape index (κ1) is 26.9. The van der Waals surface area contributed by atoms with Crippen molar-refractivity contribution in [3.05, 3.63) is 41.5 Å². The van der Waals surface area contributed by atoms with Crippen LogP contribution in [0.4, 0.5) is 0 Å². The van der Waals surface area contributed by atoms with Gasteiger partial charge in [0.25, 0.3) is 0 Å². The lowest BCUT2D eigenvalue weighted by Gasteiger charge is -2.26. The van der Waals surface area contributed by atoms with Gasteiger partial charge in [-0.05, 0) is 48.3 Å². The Morgan fingerprint density at radius 1 is 1.14 bits per heavy atom. The number of rotatable bonds is 7. The maximum atomic E-state index is 10.8. The minimum atomic E-state index is -0.884. The summed E-state index contributed by atoms with van der Waals surface area (Å²) in [6, 6.07) is 6.91. The van der Waals surface area contributed by atoms with Crippen LogP contribution in [0.2, 0.25) is 0 Å². The van der Waals surface area contributed by atoms with Crippen LogP contribution in [0.3, 0.4) is 0 Å². The largest absolute Gasteiger partial charge is 0.481 e. The fraction of sp³-hybridized carbons (Fsp3) is 0.600. The van der Waals surface area contributed by atoms with Crippen molar-refractivity contribution in [2.24, 2.45) is 23.7 Å². The Balaban J connectivity index is 0.000000523. The number of hydrogen-bond acceptors (Lipinski definition) is 2. The Hall–Kier alpha value is -2.10. The van der Waals surface area contributed by atoms with Crippen molar-refractivity contribution >= 4 is 18.0 Å². The third kappa shape index (κ3) is 11.5. The van der Waals surface area contributed by atoms with Crippen LogP contribution in [-0.4, -0.2) is 22.2 Å². The summed E-state index contributed by atoms with van der Waals surface area (Å²) in [5.41, 5.74) is 1.26. The minimum absolute atomic E-state index is 0. The van der Waals surface area contributed by atoms with Crippen molar-refractivity contribution < 1.29 is 19.8 Å². The molecule has 1 aliphatic carbocycles. The van der Waals surface area contributed by atoms with Gasteiger partial charge in [-0.15, -0.1) is 0 Å². The molecule has 4 nitrogen and oxygen atoms in total. The number of benzene rings is 1. The van der Waals surface area contributed by atoms with Crippen LogP contribution in [0.25, 0.3) is 6.08 Å². The number of allylic oxidation sites excluding steroid dienone is 1. The lowest BCUT2D eigenvalue weighted by atomic mass is 9.78. The molecule has 0 heterocycles. The number of carbonyl (C=O) groups is 2. The van der Waals surface area contributed by atoms with Gasteiger partial charge >= 0.3 is 11.9 Å². The van der Waals surface area contributed by atoms with Gasteiger partial charge in [-0.2, -0.15) is 0 Å². The Morgan fingerprint density at radius 2 is 1.83 bits per heavy atom. The molecule has 0 amide bonds. The second kappa shape index (κ2) is 14.0. The topological polar surface area (TPSA) is 74.6 Å². The molecular formula is C25H40O4. The predicted molar refractivity (Wildman–Crippen MR) is 121 cm³/mol. The van der Waals surface area contributed by atoms with Crippen LogP contribution in [0.15, 0.2) is 30.3 Å². The smallest absolute Gasteiger partial charge is 0.335 e. The van der Waals surface area contributed by atoms with Gasteiger partial charge in [-0.1, -0.05) is 85.1 Å². The van der Waals surface area contributed by atoms with E-state index in [9.17, 15) is 9.59 Å². The van der Waals surface area contributed by atoms with Gasteiger partial charge in [0.05, 0.1) is 11.5 Å². The standard InChI is InChI=1S/C12H22O2.C12H14O2.CH4/c2*1-9(2)6-7-10-4-3-5-11(8-10)12(13)14;/h9-11H,3-8H2,1-2H3,(H,13,14);3-9H,1-2H3,(H,13,14);1H4.